The van der Waals surface area contributed by atoms with Gasteiger partial charge in [0.15, 0.2) is 0 Å². The highest BCUT2D eigenvalue weighted by molar-refractivity contribution is 7.14. The highest BCUT2D eigenvalue weighted by Gasteiger charge is 2.25. The van der Waals surface area contributed by atoms with Gasteiger partial charge in [-0.1, -0.05) is 0 Å². The van der Waals surface area contributed by atoms with E-state index in [0.29, 0.717) is 0 Å². The second kappa shape index (κ2) is 7.13. The lowest BCUT2D eigenvalue weighted by atomic mass is 10.2. The molecule has 9 heteroatoms. The second-order valence-corrected chi connectivity index (χ2v) is 4.84. The average molecular weight is 310 g/mol. The number of thiophene rings is 1. The molecule has 5 nitrogen and oxygen atoms in total. The van der Waals surface area contributed by atoms with Crippen LogP contribution in [0.2, 0.25) is 0 Å². The third kappa shape index (κ3) is 5.91. The molecule has 2 amide bonds. The van der Waals surface area contributed by atoms with E-state index in [-0.39, 0.29) is 30.0 Å². The molecule has 1 rings (SSSR count). The Hall–Kier alpha value is -1.77. The van der Waals surface area contributed by atoms with E-state index in [1.54, 1.807) is 0 Å². The van der Waals surface area contributed by atoms with Crippen LogP contribution in [0.5, 0.6) is 0 Å². The van der Waals surface area contributed by atoms with Crippen LogP contribution in [0, 0.1) is 0 Å². The number of unbranched alkanes of at least 4 members (excludes halogenated alkanes) is 1. The summed E-state index contributed by atoms with van der Waals surface area (Å²) < 4.78 is 35.6. The van der Waals surface area contributed by atoms with Gasteiger partial charge in [-0.25, -0.2) is 9.59 Å². The lowest BCUT2D eigenvalue weighted by molar-refractivity contribution is -0.135. The summed E-state index contributed by atoms with van der Waals surface area (Å²) in [5.74, 6) is -1.16. The lowest BCUT2D eigenvalue weighted by Gasteiger charge is -2.08. The SMILES string of the molecule is O=C(NCCCCC(F)(F)F)Nc1sccc1C(=O)O. The van der Waals surface area contributed by atoms with E-state index >= 15 is 0 Å². The number of rotatable bonds is 6. The number of hydrogen-bond donors (Lipinski definition) is 3. The normalized spacial score (nSPS) is 11.2. The van der Waals surface area contributed by atoms with E-state index in [9.17, 15) is 22.8 Å². The molecule has 0 saturated carbocycles. The van der Waals surface area contributed by atoms with Gasteiger partial charge in [0.25, 0.3) is 0 Å². The molecule has 0 bridgehead atoms. The smallest absolute Gasteiger partial charge is 0.389 e. The first-order valence-electron chi connectivity index (χ1n) is 5.72. The Morgan fingerprint density at radius 2 is 2.00 bits per heavy atom. The minimum absolute atomic E-state index is 0.0257. The summed E-state index contributed by atoms with van der Waals surface area (Å²) >= 11 is 1.05. The van der Waals surface area contributed by atoms with Crippen molar-refractivity contribution in [3.05, 3.63) is 17.0 Å². The molecule has 0 aromatic carbocycles. The van der Waals surface area contributed by atoms with Crippen LogP contribution >= 0.6 is 11.3 Å². The number of alkyl halides is 3. The van der Waals surface area contributed by atoms with Gasteiger partial charge in [0.05, 0.1) is 5.56 Å². The predicted octanol–water partition coefficient (Wildman–Crippen LogP) is 3.30. The summed E-state index contributed by atoms with van der Waals surface area (Å²) in [6.45, 7) is 0.0929. The molecule has 0 fully saturated rings. The number of carboxylic acids is 1. The zero-order valence-electron chi connectivity index (χ0n) is 10.3. The Bertz CT molecular complexity index is 474. The Labute approximate surface area is 116 Å². The average Bonchev–Trinajstić information content (AvgIpc) is 2.75. The topological polar surface area (TPSA) is 78.4 Å². The largest absolute Gasteiger partial charge is 0.478 e. The Kier molecular flexibility index (Phi) is 5.81. The third-order valence-corrected chi connectivity index (χ3v) is 3.13. The predicted molar refractivity (Wildman–Crippen MR) is 68.2 cm³/mol. The molecule has 0 unspecified atom stereocenters. The van der Waals surface area contributed by atoms with E-state index in [2.05, 4.69) is 10.6 Å². The molecule has 20 heavy (non-hydrogen) atoms. The van der Waals surface area contributed by atoms with Gasteiger partial charge >= 0.3 is 18.2 Å². The molecule has 1 aromatic heterocycles. The van der Waals surface area contributed by atoms with E-state index in [1.807, 2.05) is 0 Å². The first kappa shape index (κ1) is 16.3. The van der Waals surface area contributed by atoms with Crippen LogP contribution < -0.4 is 10.6 Å². The molecule has 1 heterocycles. The molecule has 1 aromatic rings. The molecule has 112 valence electrons. The van der Waals surface area contributed by atoms with Crippen molar-refractivity contribution in [3.63, 3.8) is 0 Å². The fourth-order valence-corrected chi connectivity index (χ4v) is 2.15. The summed E-state index contributed by atoms with van der Waals surface area (Å²) in [5, 5.41) is 15.2. The van der Waals surface area contributed by atoms with Crippen LogP contribution in [-0.4, -0.2) is 29.8 Å². The van der Waals surface area contributed by atoms with Gasteiger partial charge in [-0.3, -0.25) is 5.32 Å². The maximum Gasteiger partial charge on any atom is 0.389 e. The van der Waals surface area contributed by atoms with Gasteiger partial charge in [-0.05, 0) is 24.3 Å². The molecule has 0 spiro atoms. The fraction of sp³-hybridized carbons (Fsp3) is 0.455. The number of carbonyl (C=O) groups excluding carboxylic acids is 1. The van der Waals surface area contributed by atoms with Gasteiger partial charge in [-0.2, -0.15) is 13.2 Å². The number of halogens is 3. The Morgan fingerprint density at radius 3 is 2.60 bits per heavy atom. The van der Waals surface area contributed by atoms with Crippen LogP contribution in [0.3, 0.4) is 0 Å². The summed E-state index contributed by atoms with van der Waals surface area (Å²) in [7, 11) is 0. The third-order valence-electron chi connectivity index (χ3n) is 2.30. The zero-order chi connectivity index (χ0) is 15.2. The van der Waals surface area contributed by atoms with Gasteiger partial charge in [0, 0.05) is 13.0 Å². The summed E-state index contributed by atoms with van der Waals surface area (Å²) in [5.41, 5.74) is -0.0257. The monoisotopic (exact) mass is 310 g/mol. The van der Waals surface area contributed by atoms with Crippen molar-refractivity contribution in [1.29, 1.82) is 0 Å². The molecule has 0 saturated heterocycles. The van der Waals surface area contributed by atoms with Gasteiger partial charge < -0.3 is 10.4 Å². The first-order valence-corrected chi connectivity index (χ1v) is 6.60. The standard InChI is InChI=1S/C11H13F3N2O3S/c12-11(13,14)4-1-2-5-15-10(19)16-8-7(9(17)18)3-6-20-8/h3,6H,1-2,4-5H2,(H,17,18)(H2,15,16,19). The van der Waals surface area contributed by atoms with Gasteiger partial charge in [0.2, 0.25) is 0 Å². The number of carboxylic acid groups (broad SMARTS) is 1. The number of carbonyl (C=O) groups is 2. The Balaban J connectivity index is 2.27. The molecule has 0 radical (unpaired) electrons. The first-order chi connectivity index (χ1) is 9.29. The molecule has 3 N–H and O–H groups in total. The molecule has 0 aliphatic carbocycles. The van der Waals surface area contributed by atoms with Crippen molar-refractivity contribution in [2.24, 2.45) is 0 Å². The van der Waals surface area contributed by atoms with E-state index in [1.165, 1.54) is 11.4 Å². The van der Waals surface area contributed by atoms with Crippen LogP contribution in [-0.2, 0) is 0 Å². The van der Waals surface area contributed by atoms with E-state index in [4.69, 9.17) is 5.11 Å². The van der Waals surface area contributed by atoms with E-state index < -0.39 is 24.6 Å². The van der Waals surface area contributed by atoms with Crippen molar-refractivity contribution in [1.82, 2.24) is 5.32 Å². The number of anilines is 1. The van der Waals surface area contributed by atoms with Crippen molar-refractivity contribution < 1.29 is 27.9 Å². The molecular formula is C11H13F3N2O3S. The minimum Gasteiger partial charge on any atom is -0.478 e. The van der Waals surface area contributed by atoms with Crippen molar-refractivity contribution >= 4 is 28.3 Å². The van der Waals surface area contributed by atoms with Crippen molar-refractivity contribution in [2.75, 3.05) is 11.9 Å². The van der Waals surface area contributed by atoms with E-state index in [0.717, 1.165) is 11.3 Å². The Morgan fingerprint density at radius 1 is 1.30 bits per heavy atom. The highest BCUT2D eigenvalue weighted by atomic mass is 32.1. The number of hydrogen-bond acceptors (Lipinski definition) is 3. The van der Waals surface area contributed by atoms with Crippen molar-refractivity contribution in [3.8, 4) is 0 Å². The number of aromatic carboxylic acids is 1. The summed E-state index contributed by atoms with van der Waals surface area (Å²) in [6.07, 6.45) is -4.94. The van der Waals surface area contributed by atoms with Crippen molar-refractivity contribution in [2.45, 2.75) is 25.4 Å². The van der Waals surface area contributed by atoms with Gasteiger partial charge in [-0.15, -0.1) is 11.3 Å². The maximum atomic E-state index is 11.9. The quantitative estimate of drug-likeness (QED) is 0.705. The minimum atomic E-state index is -4.18. The van der Waals surface area contributed by atoms with Crippen LogP contribution in [0.1, 0.15) is 29.6 Å². The van der Waals surface area contributed by atoms with Gasteiger partial charge in [0.1, 0.15) is 5.00 Å². The van der Waals surface area contributed by atoms with Crippen LogP contribution in [0.25, 0.3) is 0 Å². The molecule has 0 aliphatic heterocycles. The summed E-state index contributed by atoms with van der Waals surface area (Å²) in [6, 6.07) is 0.716. The van der Waals surface area contributed by atoms with Crippen LogP contribution in [0.4, 0.5) is 23.0 Å². The maximum absolute atomic E-state index is 11.9. The second-order valence-electron chi connectivity index (χ2n) is 3.92. The molecular weight excluding hydrogens is 297 g/mol. The number of amides is 2. The number of urea groups is 1. The number of nitrogens with one attached hydrogen (secondary N) is 2. The molecule has 0 atom stereocenters. The zero-order valence-corrected chi connectivity index (χ0v) is 11.1. The molecule has 0 aliphatic rings. The van der Waals surface area contributed by atoms with Crippen LogP contribution in [0.15, 0.2) is 11.4 Å². The lowest BCUT2D eigenvalue weighted by Crippen LogP contribution is -2.29. The fourth-order valence-electron chi connectivity index (χ4n) is 1.37. The highest BCUT2D eigenvalue weighted by Crippen LogP contribution is 2.23. The summed E-state index contributed by atoms with van der Waals surface area (Å²) in [4.78, 5) is 22.2.